The van der Waals surface area contributed by atoms with E-state index in [1.165, 1.54) is 0 Å². The maximum atomic E-state index is 12.0. The molecular weight excluding hydrogens is 270 g/mol. The van der Waals surface area contributed by atoms with Crippen molar-refractivity contribution in [1.29, 1.82) is 0 Å². The number of hydrogen-bond acceptors (Lipinski definition) is 4. The minimum Gasteiger partial charge on any atom is -0.378 e. The molecule has 2 unspecified atom stereocenters. The monoisotopic (exact) mass is 293 g/mol. The van der Waals surface area contributed by atoms with Gasteiger partial charge in [0.2, 0.25) is 11.8 Å². The lowest BCUT2D eigenvalue weighted by molar-refractivity contribution is -0.133. The average Bonchev–Trinajstić information content (AvgIpc) is 2.38. The minimum absolute atomic E-state index is 0. The number of carbonyl (C=O) groups is 2. The maximum Gasteiger partial charge on any atom is 0.224 e. The third-order valence-electron chi connectivity index (χ3n) is 3.09. The van der Waals surface area contributed by atoms with Gasteiger partial charge >= 0.3 is 0 Å². The molecule has 0 bridgehead atoms. The van der Waals surface area contributed by atoms with E-state index in [2.05, 4.69) is 10.6 Å². The topological polar surface area (TPSA) is 70.7 Å². The Labute approximate surface area is 120 Å². The first-order valence-electron chi connectivity index (χ1n) is 6.31. The normalized spacial score (nSPS) is 20.1. The summed E-state index contributed by atoms with van der Waals surface area (Å²) < 4.78 is 5.30. The fourth-order valence-electron chi connectivity index (χ4n) is 1.96. The molecule has 2 N–H and O–H groups in total. The zero-order valence-corrected chi connectivity index (χ0v) is 12.6. The van der Waals surface area contributed by atoms with Gasteiger partial charge in [-0.15, -0.1) is 12.4 Å². The Balaban J connectivity index is 0.00000324. The van der Waals surface area contributed by atoms with Gasteiger partial charge in [-0.3, -0.25) is 9.59 Å². The van der Waals surface area contributed by atoms with Crippen LogP contribution in [0.5, 0.6) is 0 Å². The van der Waals surface area contributed by atoms with E-state index in [0.717, 1.165) is 6.54 Å². The van der Waals surface area contributed by atoms with Gasteiger partial charge in [-0.05, 0) is 0 Å². The van der Waals surface area contributed by atoms with Gasteiger partial charge in [0.05, 0.1) is 19.1 Å². The van der Waals surface area contributed by atoms with Crippen molar-refractivity contribution in [2.75, 3.05) is 40.4 Å². The predicted molar refractivity (Wildman–Crippen MR) is 75.3 cm³/mol. The highest BCUT2D eigenvalue weighted by molar-refractivity contribution is 5.85. The van der Waals surface area contributed by atoms with Crippen molar-refractivity contribution >= 4 is 24.2 Å². The van der Waals surface area contributed by atoms with E-state index in [9.17, 15) is 9.59 Å². The second-order valence-electron chi connectivity index (χ2n) is 4.72. The third-order valence-corrected chi connectivity index (χ3v) is 3.09. The second-order valence-corrected chi connectivity index (χ2v) is 4.72. The molecule has 0 saturated carbocycles. The number of morpholine rings is 1. The number of hydrogen-bond donors (Lipinski definition) is 2. The molecule has 19 heavy (non-hydrogen) atoms. The molecule has 1 aliphatic heterocycles. The van der Waals surface area contributed by atoms with Crippen LogP contribution in [-0.2, 0) is 14.3 Å². The zero-order valence-electron chi connectivity index (χ0n) is 11.8. The van der Waals surface area contributed by atoms with Crippen LogP contribution in [0, 0.1) is 5.92 Å². The molecule has 1 saturated heterocycles. The van der Waals surface area contributed by atoms with E-state index < -0.39 is 0 Å². The average molecular weight is 294 g/mol. The Bertz CT molecular complexity index is 296. The molecule has 2 atom stereocenters. The standard InChI is InChI=1S/C12H23N3O3.ClH/c1-9(12(17)13-2)7-15(3)11(16)6-10-8-18-5-4-14-10;/h9-10,14H,4-8H2,1-3H3,(H,13,17);1H. The Morgan fingerprint density at radius 1 is 1.53 bits per heavy atom. The number of ether oxygens (including phenoxy) is 1. The molecule has 6 nitrogen and oxygen atoms in total. The summed E-state index contributed by atoms with van der Waals surface area (Å²) in [5, 5.41) is 5.82. The molecule has 1 fully saturated rings. The van der Waals surface area contributed by atoms with E-state index in [-0.39, 0.29) is 36.2 Å². The lowest BCUT2D eigenvalue weighted by atomic mass is 10.1. The van der Waals surface area contributed by atoms with Crippen LogP contribution >= 0.6 is 12.4 Å². The first-order valence-corrected chi connectivity index (χ1v) is 6.31. The number of nitrogens with zero attached hydrogens (tertiary/aromatic N) is 1. The molecule has 0 aromatic heterocycles. The summed E-state index contributed by atoms with van der Waals surface area (Å²) in [4.78, 5) is 24.9. The van der Waals surface area contributed by atoms with Crippen molar-refractivity contribution in [3.8, 4) is 0 Å². The number of carbonyl (C=O) groups excluding carboxylic acids is 2. The van der Waals surface area contributed by atoms with Gasteiger partial charge in [0, 0.05) is 39.6 Å². The number of rotatable bonds is 5. The van der Waals surface area contributed by atoms with Crippen LogP contribution < -0.4 is 10.6 Å². The van der Waals surface area contributed by atoms with Crippen molar-refractivity contribution in [2.24, 2.45) is 5.92 Å². The maximum absolute atomic E-state index is 12.0. The summed E-state index contributed by atoms with van der Waals surface area (Å²) >= 11 is 0. The lowest BCUT2D eigenvalue weighted by Crippen LogP contribution is -2.45. The summed E-state index contributed by atoms with van der Waals surface area (Å²) in [6.45, 7) is 4.31. The van der Waals surface area contributed by atoms with Crippen LogP contribution in [0.25, 0.3) is 0 Å². The molecule has 1 heterocycles. The van der Waals surface area contributed by atoms with Crippen LogP contribution in [0.4, 0.5) is 0 Å². The molecule has 0 radical (unpaired) electrons. The first kappa shape index (κ1) is 18.1. The van der Waals surface area contributed by atoms with Gasteiger partial charge in [-0.25, -0.2) is 0 Å². The second kappa shape index (κ2) is 9.12. The highest BCUT2D eigenvalue weighted by atomic mass is 35.5. The number of nitrogens with one attached hydrogen (secondary N) is 2. The van der Waals surface area contributed by atoms with Gasteiger partial charge in [-0.1, -0.05) is 6.92 Å². The Kier molecular flexibility index (Phi) is 8.71. The molecule has 0 aromatic carbocycles. The van der Waals surface area contributed by atoms with E-state index in [1.807, 2.05) is 6.92 Å². The fourth-order valence-corrected chi connectivity index (χ4v) is 1.96. The SMILES string of the molecule is CNC(=O)C(C)CN(C)C(=O)CC1COCCN1.Cl. The molecule has 0 spiro atoms. The molecule has 112 valence electrons. The van der Waals surface area contributed by atoms with E-state index in [4.69, 9.17) is 4.74 Å². The van der Waals surface area contributed by atoms with Crippen LogP contribution in [-0.4, -0.2) is 63.2 Å². The molecule has 0 aliphatic carbocycles. The van der Waals surface area contributed by atoms with Gasteiger partial charge in [0.25, 0.3) is 0 Å². The van der Waals surface area contributed by atoms with Crippen molar-refractivity contribution in [2.45, 2.75) is 19.4 Å². The summed E-state index contributed by atoms with van der Waals surface area (Å²) in [7, 11) is 3.33. The Morgan fingerprint density at radius 2 is 2.21 bits per heavy atom. The molecule has 0 aromatic rings. The smallest absolute Gasteiger partial charge is 0.224 e. The predicted octanol–water partition coefficient (Wildman–Crippen LogP) is -0.373. The van der Waals surface area contributed by atoms with E-state index >= 15 is 0 Å². The largest absolute Gasteiger partial charge is 0.378 e. The van der Waals surface area contributed by atoms with Gasteiger partial charge in [-0.2, -0.15) is 0 Å². The van der Waals surface area contributed by atoms with Crippen molar-refractivity contribution < 1.29 is 14.3 Å². The van der Waals surface area contributed by atoms with Crippen molar-refractivity contribution in [1.82, 2.24) is 15.5 Å². The molecule has 2 amide bonds. The summed E-state index contributed by atoms with van der Waals surface area (Å²) in [6.07, 6.45) is 0.414. The summed E-state index contributed by atoms with van der Waals surface area (Å²) in [5.41, 5.74) is 0. The quantitative estimate of drug-likeness (QED) is 0.725. The van der Waals surface area contributed by atoms with Gasteiger partial charge in [0.15, 0.2) is 0 Å². The van der Waals surface area contributed by atoms with Crippen molar-refractivity contribution in [3.63, 3.8) is 0 Å². The van der Waals surface area contributed by atoms with Crippen LogP contribution in [0.1, 0.15) is 13.3 Å². The third kappa shape index (κ3) is 6.22. The first-order chi connectivity index (χ1) is 8.54. The molecule has 1 rings (SSSR count). The number of amides is 2. The van der Waals surface area contributed by atoms with Crippen LogP contribution in [0.2, 0.25) is 0 Å². The highest BCUT2D eigenvalue weighted by Gasteiger charge is 2.21. The Hall–Kier alpha value is -0.850. The summed E-state index contributed by atoms with van der Waals surface area (Å²) in [5.74, 6) is -0.206. The Morgan fingerprint density at radius 3 is 2.74 bits per heavy atom. The van der Waals surface area contributed by atoms with Crippen LogP contribution in [0.15, 0.2) is 0 Å². The van der Waals surface area contributed by atoms with E-state index in [1.54, 1.807) is 19.0 Å². The minimum atomic E-state index is -0.195. The fraction of sp³-hybridized carbons (Fsp3) is 0.833. The molecular formula is C12H24ClN3O3. The van der Waals surface area contributed by atoms with Gasteiger partial charge < -0.3 is 20.3 Å². The molecule has 1 aliphatic rings. The van der Waals surface area contributed by atoms with E-state index in [0.29, 0.717) is 26.2 Å². The summed E-state index contributed by atoms with van der Waals surface area (Å²) in [6, 6.07) is 0.0870. The van der Waals surface area contributed by atoms with Crippen molar-refractivity contribution in [3.05, 3.63) is 0 Å². The van der Waals surface area contributed by atoms with Crippen LogP contribution in [0.3, 0.4) is 0 Å². The van der Waals surface area contributed by atoms with Gasteiger partial charge in [0.1, 0.15) is 0 Å². The number of halogens is 1. The highest BCUT2D eigenvalue weighted by Crippen LogP contribution is 2.04. The lowest BCUT2D eigenvalue weighted by Gasteiger charge is -2.26. The zero-order chi connectivity index (χ0) is 13.5. The molecule has 7 heteroatoms.